The number of allylic oxidation sites excluding steroid dienone is 1. The molecule has 1 N–H and O–H groups in total. The Labute approximate surface area is 214 Å². The van der Waals surface area contributed by atoms with Crippen LogP contribution in [0.2, 0.25) is 5.02 Å². The average molecular weight is 499 g/mol. The second kappa shape index (κ2) is 8.95. The smallest absolute Gasteiger partial charge is 0.258 e. The quantitative estimate of drug-likeness (QED) is 0.314. The third-order valence-electron chi connectivity index (χ3n) is 6.72. The summed E-state index contributed by atoms with van der Waals surface area (Å²) in [6, 6.07) is 23.9. The number of anilines is 1. The van der Waals surface area contributed by atoms with Gasteiger partial charge >= 0.3 is 0 Å². The Kier molecular flexibility index (Phi) is 5.63. The number of hydrogen-bond acceptors (Lipinski definition) is 4. The van der Waals surface area contributed by atoms with Crippen molar-refractivity contribution in [3.8, 4) is 11.4 Å². The molecule has 0 fully saturated rings. The van der Waals surface area contributed by atoms with Gasteiger partial charge in [-0.1, -0.05) is 65.3 Å². The van der Waals surface area contributed by atoms with Crippen LogP contribution in [0.1, 0.15) is 42.0 Å². The van der Waals surface area contributed by atoms with Gasteiger partial charge in [0.05, 0.1) is 11.6 Å². The van der Waals surface area contributed by atoms with Crippen molar-refractivity contribution >= 4 is 40.2 Å². The van der Waals surface area contributed by atoms with Crippen molar-refractivity contribution < 1.29 is 4.52 Å². The third-order valence-corrected chi connectivity index (χ3v) is 7.27. The van der Waals surface area contributed by atoms with E-state index in [0.29, 0.717) is 21.9 Å². The van der Waals surface area contributed by atoms with E-state index in [4.69, 9.17) is 33.3 Å². The molecule has 6 rings (SSSR count). The molecule has 2 aliphatic rings. The molecule has 35 heavy (non-hydrogen) atoms. The lowest BCUT2D eigenvalue weighted by Crippen LogP contribution is -2.46. The Balaban J connectivity index is 1.49. The molecule has 5 nitrogen and oxygen atoms in total. The summed E-state index contributed by atoms with van der Waals surface area (Å²) in [5.41, 5.74) is 7.61. The fourth-order valence-electron chi connectivity index (χ4n) is 4.97. The summed E-state index contributed by atoms with van der Waals surface area (Å²) in [4.78, 5) is 6.86. The van der Waals surface area contributed by atoms with Crippen LogP contribution in [0.15, 0.2) is 83.0 Å². The first-order chi connectivity index (χ1) is 17.1. The molecule has 0 radical (unpaired) electrons. The minimum absolute atomic E-state index is 0.255. The fraction of sp³-hybridized carbons (Fsp3) is 0.179. The lowest BCUT2D eigenvalue weighted by Gasteiger charge is -2.37. The number of rotatable bonds is 4. The van der Waals surface area contributed by atoms with Crippen LogP contribution < -0.4 is 10.2 Å². The molecule has 0 bridgehead atoms. The molecule has 1 atom stereocenters. The van der Waals surface area contributed by atoms with Crippen molar-refractivity contribution in [3.05, 3.63) is 106 Å². The lowest BCUT2D eigenvalue weighted by molar-refractivity contribution is 0.404. The second-order valence-corrected chi connectivity index (χ2v) is 9.69. The minimum Gasteiger partial charge on any atom is -0.351 e. The molecule has 174 valence electrons. The summed E-state index contributed by atoms with van der Waals surface area (Å²) in [6.45, 7) is 2.06. The second-order valence-electron chi connectivity index (χ2n) is 8.86. The van der Waals surface area contributed by atoms with Crippen LogP contribution in [0.5, 0.6) is 0 Å². The van der Waals surface area contributed by atoms with Gasteiger partial charge in [0.2, 0.25) is 5.82 Å². The van der Waals surface area contributed by atoms with Crippen LogP contribution >= 0.6 is 23.8 Å². The summed E-state index contributed by atoms with van der Waals surface area (Å²) in [5, 5.41) is 9.12. The zero-order chi connectivity index (χ0) is 23.9. The SMILES string of the molecule is CC1=C(c2nc(-c3ccccc3)no2)C(c2ccc(Cl)cc2)NC(=S)N1c1ccc2c(c1)CCC2. The largest absolute Gasteiger partial charge is 0.351 e. The number of hydrogen-bond donors (Lipinski definition) is 1. The van der Waals surface area contributed by atoms with E-state index in [1.165, 1.54) is 17.5 Å². The predicted octanol–water partition coefficient (Wildman–Crippen LogP) is 6.75. The van der Waals surface area contributed by atoms with E-state index in [-0.39, 0.29) is 6.04 Å². The summed E-state index contributed by atoms with van der Waals surface area (Å²) in [5.74, 6) is 1.01. The van der Waals surface area contributed by atoms with Crippen LogP contribution in [0.4, 0.5) is 5.69 Å². The Morgan fingerprint density at radius 1 is 1.00 bits per heavy atom. The molecule has 1 aromatic heterocycles. The first-order valence-electron chi connectivity index (χ1n) is 11.7. The Morgan fingerprint density at radius 2 is 1.77 bits per heavy atom. The number of aryl methyl sites for hydroxylation is 2. The molecule has 3 aromatic carbocycles. The highest BCUT2D eigenvalue weighted by Crippen LogP contribution is 2.40. The lowest BCUT2D eigenvalue weighted by atomic mass is 9.94. The van der Waals surface area contributed by atoms with Crippen molar-refractivity contribution in [2.24, 2.45) is 0 Å². The van der Waals surface area contributed by atoms with Crippen LogP contribution in [-0.2, 0) is 12.8 Å². The molecule has 4 aromatic rings. The van der Waals surface area contributed by atoms with Gasteiger partial charge in [-0.15, -0.1) is 0 Å². The van der Waals surface area contributed by atoms with Gasteiger partial charge in [-0.25, -0.2) is 0 Å². The normalized spacial score (nSPS) is 17.5. The standard InChI is InChI=1S/C28H23ClN4OS/c1-17-24(27-31-26(32-34-27)20-6-3-2-4-7-20)25(19-10-13-22(29)14-11-19)30-28(35)33(17)23-15-12-18-8-5-9-21(18)16-23/h2-4,6-7,10-16,25H,5,8-9H2,1H3,(H,30,35). The molecule has 0 spiro atoms. The van der Waals surface area contributed by atoms with Gasteiger partial charge in [0.1, 0.15) is 0 Å². The summed E-state index contributed by atoms with van der Waals surface area (Å²) >= 11 is 12.1. The average Bonchev–Trinajstić information content (AvgIpc) is 3.54. The van der Waals surface area contributed by atoms with Crippen molar-refractivity contribution in [1.29, 1.82) is 0 Å². The number of aromatic nitrogens is 2. The van der Waals surface area contributed by atoms with E-state index in [1.54, 1.807) is 0 Å². The highest BCUT2D eigenvalue weighted by molar-refractivity contribution is 7.80. The van der Waals surface area contributed by atoms with Crippen molar-refractivity contribution in [1.82, 2.24) is 15.5 Å². The molecule has 0 saturated heterocycles. The maximum absolute atomic E-state index is 6.17. The molecule has 0 amide bonds. The molecular formula is C28H23ClN4OS. The van der Waals surface area contributed by atoms with E-state index in [9.17, 15) is 0 Å². The minimum atomic E-state index is -0.255. The van der Waals surface area contributed by atoms with Crippen LogP contribution in [-0.4, -0.2) is 15.3 Å². The van der Waals surface area contributed by atoms with Gasteiger partial charge in [0.15, 0.2) is 5.11 Å². The van der Waals surface area contributed by atoms with Gasteiger partial charge in [-0.2, -0.15) is 4.98 Å². The van der Waals surface area contributed by atoms with Crippen LogP contribution in [0.25, 0.3) is 17.0 Å². The Morgan fingerprint density at radius 3 is 2.57 bits per heavy atom. The third kappa shape index (κ3) is 4.03. The number of nitrogens with zero attached hydrogens (tertiary/aromatic N) is 3. The first-order valence-corrected chi connectivity index (χ1v) is 12.5. The fourth-order valence-corrected chi connectivity index (χ4v) is 5.46. The first kappa shape index (κ1) is 22.0. The molecule has 1 aliphatic heterocycles. The van der Waals surface area contributed by atoms with Gasteiger partial charge in [0, 0.05) is 22.0 Å². The molecule has 1 unspecified atom stereocenters. The maximum atomic E-state index is 6.17. The van der Waals surface area contributed by atoms with E-state index in [2.05, 4.69) is 40.5 Å². The number of halogens is 1. The summed E-state index contributed by atoms with van der Waals surface area (Å²) in [6.07, 6.45) is 3.44. The van der Waals surface area contributed by atoms with E-state index in [1.807, 2.05) is 54.6 Å². The number of nitrogens with one attached hydrogen (secondary N) is 1. The number of benzene rings is 3. The predicted molar refractivity (Wildman–Crippen MR) is 143 cm³/mol. The Hall–Kier alpha value is -3.48. The number of fused-ring (bicyclic) bond motifs is 1. The van der Waals surface area contributed by atoms with Crippen LogP contribution in [0, 0.1) is 0 Å². The monoisotopic (exact) mass is 498 g/mol. The summed E-state index contributed by atoms with van der Waals surface area (Å²) < 4.78 is 5.84. The van der Waals surface area contributed by atoms with Crippen molar-refractivity contribution in [2.45, 2.75) is 32.2 Å². The van der Waals surface area contributed by atoms with Gasteiger partial charge in [-0.3, -0.25) is 4.90 Å². The van der Waals surface area contributed by atoms with E-state index in [0.717, 1.165) is 40.9 Å². The number of thiocarbonyl (C=S) groups is 1. The molecule has 1 aliphatic carbocycles. The van der Waals surface area contributed by atoms with E-state index >= 15 is 0 Å². The molecule has 0 saturated carbocycles. The van der Waals surface area contributed by atoms with Gasteiger partial charge in [-0.05, 0) is 79.4 Å². The maximum Gasteiger partial charge on any atom is 0.258 e. The summed E-state index contributed by atoms with van der Waals surface area (Å²) in [7, 11) is 0. The van der Waals surface area contributed by atoms with Crippen molar-refractivity contribution in [3.63, 3.8) is 0 Å². The Bertz CT molecular complexity index is 1450. The topological polar surface area (TPSA) is 54.2 Å². The van der Waals surface area contributed by atoms with Gasteiger partial charge in [0.25, 0.3) is 5.89 Å². The molecule has 2 heterocycles. The zero-order valence-corrected chi connectivity index (χ0v) is 20.7. The van der Waals surface area contributed by atoms with E-state index < -0.39 is 0 Å². The zero-order valence-electron chi connectivity index (χ0n) is 19.2. The van der Waals surface area contributed by atoms with Crippen molar-refractivity contribution in [2.75, 3.05) is 4.90 Å². The highest BCUT2D eigenvalue weighted by atomic mass is 35.5. The van der Waals surface area contributed by atoms with Crippen LogP contribution in [0.3, 0.4) is 0 Å². The molecule has 7 heteroatoms. The highest BCUT2D eigenvalue weighted by Gasteiger charge is 2.35. The molecular weight excluding hydrogens is 476 g/mol. The van der Waals surface area contributed by atoms with Gasteiger partial charge < -0.3 is 9.84 Å².